The van der Waals surface area contributed by atoms with Crippen molar-refractivity contribution in [3.63, 3.8) is 0 Å². The summed E-state index contributed by atoms with van der Waals surface area (Å²) in [5.74, 6) is -0.411. The Morgan fingerprint density at radius 1 is 1.08 bits per heavy atom. The van der Waals surface area contributed by atoms with E-state index in [1.807, 2.05) is 0 Å². The number of rotatable bonds is 7. The molecule has 26 heavy (non-hydrogen) atoms. The van der Waals surface area contributed by atoms with Gasteiger partial charge in [-0.25, -0.2) is 14.8 Å². The molecule has 8 heteroatoms. The molecule has 0 aliphatic heterocycles. The highest BCUT2D eigenvalue weighted by molar-refractivity contribution is 8.00. The van der Waals surface area contributed by atoms with Gasteiger partial charge in [-0.2, -0.15) is 0 Å². The van der Waals surface area contributed by atoms with Crippen molar-refractivity contribution >= 4 is 35.3 Å². The lowest BCUT2D eigenvalue weighted by atomic mass is 10.2. The van der Waals surface area contributed by atoms with E-state index in [0.29, 0.717) is 28.2 Å². The second kappa shape index (κ2) is 9.54. The van der Waals surface area contributed by atoms with E-state index < -0.39 is 5.97 Å². The fourth-order valence-electron chi connectivity index (χ4n) is 2.15. The van der Waals surface area contributed by atoms with Crippen LogP contribution in [0.5, 0.6) is 0 Å². The molecular formula is C18H19ClN2O4S. The fourth-order valence-corrected chi connectivity index (χ4v) is 3.14. The Labute approximate surface area is 161 Å². The van der Waals surface area contributed by atoms with Gasteiger partial charge in [-0.1, -0.05) is 23.4 Å². The first kappa shape index (κ1) is 20.2. The highest BCUT2D eigenvalue weighted by Crippen LogP contribution is 2.27. The van der Waals surface area contributed by atoms with Gasteiger partial charge in [-0.05, 0) is 45.0 Å². The average Bonchev–Trinajstić information content (AvgIpc) is 2.60. The third kappa shape index (κ3) is 5.19. The molecule has 0 bridgehead atoms. The first-order valence-electron chi connectivity index (χ1n) is 8.06. The van der Waals surface area contributed by atoms with Gasteiger partial charge in [0.05, 0.1) is 24.7 Å². The maximum Gasteiger partial charge on any atom is 0.342 e. The number of halogens is 1. The summed E-state index contributed by atoms with van der Waals surface area (Å²) in [4.78, 5) is 32.9. The van der Waals surface area contributed by atoms with Gasteiger partial charge in [0.25, 0.3) is 0 Å². The van der Waals surface area contributed by atoms with Crippen molar-refractivity contribution in [2.75, 3.05) is 19.0 Å². The quantitative estimate of drug-likeness (QED) is 0.399. The molecule has 0 saturated carbocycles. The normalized spacial score (nSPS) is 10.5. The van der Waals surface area contributed by atoms with Crippen molar-refractivity contribution in [2.45, 2.75) is 25.8 Å². The molecule has 138 valence electrons. The largest absolute Gasteiger partial charge is 0.465 e. The standard InChI is InChI=1S/C18H19ClN2O4S/c1-4-24-14(22)10-26-17-15(18(23)25-5-2)11(3)20-16(21-17)12-6-8-13(19)9-7-12/h6-9H,4-5,10H2,1-3H3. The predicted molar refractivity (Wildman–Crippen MR) is 101 cm³/mol. The van der Waals surface area contributed by atoms with E-state index in [9.17, 15) is 9.59 Å². The van der Waals surface area contributed by atoms with Crippen LogP contribution in [-0.4, -0.2) is 40.9 Å². The number of esters is 2. The van der Waals surface area contributed by atoms with Gasteiger partial charge in [-0.15, -0.1) is 0 Å². The Balaban J connectivity index is 2.42. The molecule has 0 radical (unpaired) electrons. The van der Waals surface area contributed by atoms with Crippen LogP contribution in [0, 0.1) is 6.92 Å². The van der Waals surface area contributed by atoms with E-state index in [2.05, 4.69) is 9.97 Å². The third-order valence-electron chi connectivity index (χ3n) is 3.27. The van der Waals surface area contributed by atoms with Gasteiger partial charge in [0, 0.05) is 10.6 Å². The number of carbonyl (C=O) groups is 2. The van der Waals surface area contributed by atoms with E-state index in [4.69, 9.17) is 21.1 Å². The summed E-state index contributed by atoms with van der Waals surface area (Å²) >= 11 is 7.04. The summed E-state index contributed by atoms with van der Waals surface area (Å²) in [7, 11) is 0. The number of hydrogen-bond donors (Lipinski definition) is 0. The Hall–Kier alpha value is -2.12. The minimum absolute atomic E-state index is 0.0384. The number of aryl methyl sites for hydroxylation is 1. The molecule has 0 fully saturated rings. The average molecular weight is 395 g/mol. The Kier molecular flexibility index (Phi) is 7.41. The molecule has 0 atom stereocenters. The van der Waals surface area contributed by atoms with Crippen molar-refractivity contribution in [2.24, 2.45) is 0 Å². The van der Waals surface area contributed by atoms with Gasteiger partial charge < -0.3 is 9.47 Å². The van der Waals surface area contributed by atoms with Gasteiger partial charge in [-0.3, -0.25) is 4.79 Å². The van der Waals surface area contributed by atoms with Gasteiger partial charge in [0.15, 0.2) is 5.82 Å². The zero-order valence-corrected chi connectivity index (χ0v) is 16.3. The van der Waals surface area contributed by atoms with Crippen molar-refractivity contribution < 1.29 is 19.1 Å². The number of hydrogen-bond acceptors (Lipinski definition) is 7. The lowest BCUT2D eigenvalue weighted by molar-refractivity contribution is -0.139. The molecule has 2 aromatic rings. The van der Waals surface area contributed by atoms with Gasteiger partial charge in [0.2, 0.25) is 0 Å². The van der Waals surface area contributed by atoms with Crippen LogP contribution in [0.3, 0.4) is 0 Å². The highest BCUT2D eigenvalue weighted by atomic mass is 35.5. The van der Waals surface area contributed by atoms with E-state index in [-0.39, 0.29) is 23.9 Å². The minimum Gasteiger partial charge on any atom is -0.465 e. The Morgan fingerprint density at radius 3 is 2.35 bits per heavy atom. The van der Waals surface area contributed by atoms with E-state index in [1.54, 1.807) is 45.0 Å². The number of nitrogens with zero attached hydrogens (tertiary/aromatic N) is 2. The summed E-state index contributed by atoms with van der Waals surface area (Å²) < 4.78 is 10.0. The van der Waals surface area contributed by atoms with Gasteiger partial charge >= 0.3 is 11.9 Å². The summed E-state index contributed by atoms with van der Waals surface area (Å²) in [5.41, 5.74) is 1.50. The molecular weight excluding hydrogens is 376 g/mol. The second-order valence-electron chi connectivity index (χ2n) is 5.13. The van der Waals surface area contributed by atoms with Crippen LogP contribution >= 0.6 is 23.4 Å². The molecule has 1 heterocycles. The van der Waals surface area contributed by atoms with Crippen molar-refractivity contribution in [3.05, 3.63) is 40.5 Å². The van der Waals surface area contributed by atoms with E-state index in [0.717, 1.165) is 17.3 Å². The molecule has 1 aromatic carbocycles. The number of thioether (sulfide) groups is 1. The number of carbonyl (C=O) groups excluding carboxylic acids is 2. The summed E-state index contributed by atoms with van der Waals surface area (Å²) in [6.07, 6.45) is 0. The summed E-state index contributed by atoms with van der Waals surface area (Å²) in [5, 5.41) is 0.986. The Bertz CT molecular complexity index is 797. The van der Waals surface area contributed by atoms with Crippen LogP contribution in [-0.2, 0) is 14.3 Å². The zero-order valence-electron chi connectivity index (χ0n) is 14.7. The predicted octanol–water partition coefficient (Wildman–Crippen LogP) is 3.94. The smallest absolute Gasteiger partial charge is 0.342 e. The molecule has 0 unspecified atom stereocenters. The van der Waals surface area contributed by atoms with Crippen LogP contribution in [0.25, 0.3) is 11.4 Å². The van der Waals surface area contributed by atoms with Crippen LogP contribution in [0.4, 0.5) is 0 Å². The molecule has 0 saturated heterocycles. The highest BCUT2D eigenvalue weighted by Gasteiger charge is 2.21. The maximum absolute atomic E-state index is 12.3. The lowest BCUT2D eigenvalue weighted by Crippen LogP contribution is -2.13. The molecule has 0 N–H and O–H groups in total. The molecule has 2 rings (SSSR count). The van der Waals surface area contributed by atoms with Crippen LogP contribution < -0.4 is 0 Å². The van der Waals surface area contributed by atoms with Crippen molar-refractivity contribution in [1.29, 1.82) is 0 Å². The third-order valence-corrected chi connectivity index (χ3v) is 4.47. The summed E-state index contributed by atoms with van der Waals surface area (Å²) in [6, 6.07) is 7.06. The van der Waals surface area contributed by atoms with Crippen LogP contribution in [0.1, 0.15) is 29.9 Å². The molecule has 6 nitrogen and oxygen atoms in total. The molecule has 0 aliphatic carbocycles. The summed E-state index contributed by atoms with van der Waals surface area (Å²) in [6.45, 7) is 5.70. The number of aromatic nitrogens is 2. The Morgan fingerprint density at radius 2 is 1.73 bits per heavy atom. The maximum atomic E-state index is 12.3. The van der Waals surface area contributed by atoms with Crippen molar-refractivity contribution in [1.82, 2.24) is 9.97 Å². The molecule has 0 spiro atoms. The SMILES string of the molecule is CCOC(=O)CSc1nc(-c2ccc(Cl)cc2)nc(C)c1C(=O)OCC. The van der Waals surface area contributed by atoms with Crippen molar-refractivity contribution in [3.8, 4) is 11.4 Å². The van der Waals surface area contributed by atoms with Crippen LogP contribution in [0.2, 0.25) is 5.02 Å². The molecule has 1 aromatic heterocycles. The van der Waals surface area contributed by atoms with E-state index >= 15 is 0 Å². The number of ether oxygens (including phenoxy) is 2. The van der Waals surface area contributed by atoms with E-state index in [1.165, 1.54) is 0 Å². The number of benzene rings is 1. The second-order valence-corrected chi connectivity index (χ2v) is 6.53. The van der Waals surface area contributed by atoms with Gasteiger partial charge in [0.1, 0.15) is 10.6 Å². The minimum atomic E-state index is -0.515. The molecule has 0 aliphatic rings. The molecule has 0 amide bonds. The zero-order chi connectivity index (χ0) is 19.1. The van der Waals surface area contributed by atoms with Crippen LogP contribution in [0.15, 0.2) is 29.3 Å². The first-order chi connectivity index (χ1) is 12.5. The fraction of sp³-hybridized carbons (Fsp3) is 0.333. The topological polar surface area (TPSA) is 78.4 Å². The first-order valence-corrected chi connectivity index (χ1v) is 9.42. The lowest BCUT2D eigenvalue weighted by Gasteiger charge is -2.12. The monoisotopic (exact) mass is 394 g/mol.